The summed E-state index contributed by atoms with van der Waals surface area (Å²) in [5.41, 5.74) is 4.11. The van der Waals surface area contributed by atoms with E-state index < -0.39 is 0 Å². The van der Waals surface area contributed by atoms with Gasteiger partial charge in [-0.3, -0.25) is 4.98 Å². The van der Waals surface area contributed by atoms with Crippen molar-refractivity contribution in [2.75, 3.05) is 0 Å². The monoisotopic (exact) mass is 401 g/mol. The molecule has 4 rings (SSSR count). The number of H-pyrrole nitrogens is 1. The lowest BCUT2D eigenvalue weighted by atomic mass is 10.2. The van der Waals surface area contributed by atoms with E-state index in [2.05, 4.69) is 53.2 Å². The first-order chi connectivity index (χ1) is 10.8. The van der Waals surface area contributed by atoms with Gasteiger partial charge < -0.3 is 9.55 Å². The molecule has 0 saturated heterocycles. The first-order valence-electron chi connectivity index (χ1n) is 6.84. The highest BCUT2D eigenvalue weighted by Gasteiger charge is 2.07. The molecule has 108 valence electrons. The number of rotatable bonds is 3. The quantitative estimate of drug-likeness (QED) is 0.535. The van der Waals surface area contributed by atoms with Crippen LogP contribution in [0.25, 0.3) is 22.4 Å². The van der Waals surface area contributed by atoms with Crippen molar-refractivity contribution in [2.24, 2.45) is 0 Å². The van der Waals surface area contributed by atoms with Crippen molar-refractivity contribution in [1.29, 1.82) is 0 Å². The van der Waals surface area contributed by atoms with Crippen LogP contribution in [-0.2, 0) is 6.54 Å². The second kappa shape index (κ2) is 5.53. The van der Waals surface area contributed by atoms with Crippen LogP contribution in [0.15, 0.2) is 55.2 Å². The standard InChI is InChI=1S/C16H12IN5/c17-15-8-19-10-22(15)9-11-5-12(7-18-6-11)16-20-13-3-1-2-4-14(13)21-16/h1-8,10H,9H2,(H,20,21). The molecule has 1 N–H and O–H groups in total. The van der Waals surface area contributed by atoms with Crippen molar-refractivity contribution >= 4 is 33.6 Å². The fourth-order valence-corrected chi connectivity index (χ4v) is 2.87. The average Bonchev–Trinajstić information content (AvgIpc) is 3.14. The SMILES string of the molecule is Ic1cncn1Cc1cncc(-c2nc3ccccc3[nH]2)c1. The van der Waals surface area contributed by atoms with Gasteiger partial charge in [0.25, 0.3) is 0 Å². The predicted octanol–water partition coefficient (Wildman–Crippen LogP) is 3.47. The molecule has 0 radical (unpaired) electrons. The van der Waals surface area contributed by atoms with E-state index in [1.807, 2.05) is 49.2 Å². The van der Waals surface area contributed by atoms with Crippen LogP contribution in [0, 0.1) is 3.70 Å². The minimum atomic E-state index is 0.749. The van der Waals surface area contributed by atoms with E-state index in [0.29, 0.717) is 0 Å². The fraction of sp³-hybridized carbons (Fsp3) is 0.0625. The summed E-state index contributed by atoms with van der Waals surface area (Å²) in [6.45, 7) is 0.749. The third kappa shape index (κ3) is 2.50. The number of aromatic nitrogens is 5. The van der Waals surface area contributed by atoms with E-state index in [4.69, 9.17) is 0 Å². The summed E-state index contributed by atoms with van der Waals surface area (Å²) < 4.78 is 3.19. The van der Waals surface area contributed by atoms with Crippen LogP contribution in [0.1, 0.15) is 5.56 Å². The smallest absolute Gasteiger partial charge is 0.140 e. The molecule has 0 aliphatic rings. The van der Waals surface area contributed by atoms with Crippen LogP contribution in [0.3, 0.4) is 0 Å². The summed E-state index contributed by atoms with van der Waals surface area (Å²) in [5.74, 6) is 0.843. The summed E-state index contributed by atoms with van der Waals surface area (Å²) in [6, 6.07) is 10.1. The molecule has 3 heterocycles. The first-order valence-corrected chi connectivity index (χ1v) is 7.92. The van der Waals surface area contributed by atoms with Gasteiger partial charge in [-0.2, -0.15) is 0 Å². The Bertz CT molecular complexity index is 907. The van der Waals surface area contributed by atoms with Gasteiger partial charge >= 0.3 is 0 Å². The highest BCUT2D eigenvalue weighted by atomic mass is 127. The largest absolute Gasteiger partial charge is 0.338 e. The Morgan fingerprint density at radius 2 is 2.00 bits per heavy atom. The molecule has 5 nitrogen and oxygen atoms in total. The van der Waals surface area contributed by atoms with Gasteiger partial charge in [-0.05, 0) is 46.4 Å². The minimum Gasteiger partial charge on any atom is -0.338 e. The normalized spacial score (nSPS) is 11.1. The molecule has 0 bridgehead atoms. The average molecular weight is 401 g/mol. The molecule has 0 spiro atoms. The third-order valence-corrected chi connectivity index (χ3v) is 4.37. The maximum Gasteiger partial charge on any atom is 0.140 e. The van der Waals surface area contributed by atoms with Crippen LogP contribution in [-0.4, -0.2) is 24.5 Å². The number of benzene rings is 1. The van der Waals surface area contributed by atoms with E-state index in [9.17, 15) is 0 Å². The molecule has 0 fully saturated rings. The molecule has 0 aliphatic heterocycles. The fourth-order valence-electron chi connectivity index (χ4n) is 2.41. The Morgan fingerprint density at radius 1 is 1.09 bits per heavy atom. The third-order valence-electron chi connectivity index (χ3n) is 3.47. The van der Waals surface area contributed by atoms with Crippen LogP contribution >= 0.6 is 22.6 Å². The number of aromatic amines is 1. The zero-order valence-electron chi connectivity index (χ0n) is 11.6. The molecule has 4 aromatic rings. The highest BCUT2D eigenvalue weighted by molar-refractivity contribution is 14.1. The topological polar surface area (TPSA) is 59.4 Å². The Kier molecular flexibility index (Phi) is 3.38. The summed E-state index contributed by atoms with van der Waals surface area (Å²) in [4.78, 5) is 16.4. The van der Waals surface area contributed by atoms with Crippen LogP contribution in [0.4, 0.5) is 0 Å². The lowest BCUT2D eigenvalue weighted by Crippen LogP contribution is -2.01. The van der Waals surface area contributed by atoms with Gasteiger partial charge in [-0.1, -0.05) is 12.1 Å². The number of hydrogen-bond donors (Lipinski definition) is 1. The number of fused-ring (bicyclic) bond motifs is 1. The van der Waals surface area contributed by atoms with Crippen molar-refractivity contribution in [2.45, 2.75) is 6.54 Å². The Morgan fingerprint density at radius 3 is 2.82 bits per heavy atom. The van der Waals surface area contributed by atoms with Gasteiger partial charge in [0.1, 0.15) is 5.82 Å². The number of pyridine rings is 1. The second-order valence-electron chi connectivity index (χ2n) is 5.03. The summed E-state index contributed by atoms with van der Waals surface area (Å²) in [5, 5.41) is 0. The maximum absolute atomic E-state index is 4.62. The summed E-state index contributed by atoms with van der Waals surface area (Å²) in [6.07, 6.45) is 7.38. The Balaban J connectivity index is 1.70. The zero-order chi connectivity index (χ0) is 14.9. The lowest BCUT2D eigenvalue weighted by Gasteiger charge is -2.05. The van der Waals surface area contributed by atoms with Crippen molar-refractivity contribution in [3.05, 3.63) is 64.5 Å². The van der Waals surface area contributed by atoms with Gasteiger partial charge in [0.15, 0.2) is 0 Å². The lowest BCUT2D eigenvalue weighted by molar-refractivity contribution is 0.775. The number of nitrogens with zero attached hydrogens (tertiary/aromatic N) is 4. The number of halogens is 1. The van der Waals surface area contributed by atoms with Gasteiger partial charge in [0, 0.05) is 18.0 Å². The molecule has 22 heavy (non-hydrogen) atoms. The number of hydrogen-bond acceptors (Lipinski definition) is 3. The Labute approximate surface area is 140 Å². The minimum absolute atomic E-state index is 0.749. The van der Waals surface area contributed by atoms with Gasteiger partial charge in [-0.15, -0.1) is 0 Å². The molecule has 0 saturated carbocycles. The van der Waals surface area contributed by atoms with Crippen LogP contribution in [0.5, 0.6) is 0 Å². The van der Waals surface area contributed by atoms with Crippen molar-refractivity contribution < 1.29 is 0 Å². The maximum atomic E-state index is 4.62. The molecule has 0 amide bonds. The highest BCUT2D eigenvalue weighted by Crippen LogP contribution is 2.21. The van der Waals surface area contributed by atoms with Gasteiger partial charge in [-0.25, -0.2) is 9.97 Å². The Hall–Kier alpha value is -2.22. The van der Waals surface area contributed by atoms with Gasteiger partial charge in [0.2, 0.25) is 0 Å². The summed E-state index contributed by atoms with van der Waals surface area (Å²) in [7, 11) is 0. The number of para-hydroxylation sites is 2. The van der Waals surface area contributed by atoms with Gasteiger partial charge in [0.05, 0.1) is 33.8 Å². The van der Waals surface area contributed by atoms with Crippen molar-refractivity contribution in [3.8, 4) is 11.4 Å². The van der Waals surface area contributed by atoms with Crippen LogP contribution in [0.2, 0.25) is 0 Å². The molecular formula is C16H12IN5. The number of imidazole rings is 2. The van der Waals surface area contributed by atoms with E-state index in [1.165, 1.54) is 0 Å². The molecule has 0 atom stereocenters. The molecule has 1 aromatic carbocycles. The number of nitrogens with one attached hydrogen (secondary N) is 1. The predicted molar refractivity (Wildman–Crippen MR) is 93.4 cm³/mol. The van der Waals surface area contributed by atoms with E-state index in [0.717, 1.165) is 38.2 Å². The van der Waals surface area contributed by atoms with E-state index >= 15 is 0 Å². The van der Waals surface area contributed by atoms with Crippen LogP contribution < -0.4 is 0 Å². The molecule has 0 unspecified atom stereocenters. The van der Waals surface area contributed by atoms with Crippen molar-refractivity contribution in [3.63, 3.8) is 0 Å². The van der Waals surface area contributed by atoms with E-state index in [1.54, 1.807) is 0 Å². The zero-order valence-corrected chi connectivity index (χ0v) is 13.7. The molecule has 3 aromatic heterocycles. The summed E-state index contributed by atoms with van der Waals surface area (Å²) >= 11 is 2.27. The van der Waals surface area contributed by atoms with Crippen molar-refractivity contribution in [1.82, 2.24) is 24.5 Å². The molecule has 6 heteroatoms. The second-order valence-corrected chi connectivity index (χ2v) is 6.13. The molecule has 0 aliphatic carbocycles. The first kappa shape index (κ1) is 13.4. The molecular weight excluding hydrogens is 389 g/mol. The van der Waals surface area contributed by atoms with E-state index in [-0.39, 0.29) is 0 Å².